The average Bonchev–Trinajstić information content (AvgIpc) is 2.45. The number of benzene rings is 2. The molecule has 0 spiro atoms. The van der Waals surface area contributed by atoms with Crippen molar-refractivity contribution in [2.45, 2.75) is 13.5 Å². The van der Waals surface area contributed by atoms with Crippen molar-refractivity contribution in [2.75, 3.05) is 12.4 Å². The van der Waals surface area contributed by atoms with Gasteiger partial charge in [-0.3, -0.25) is 0 Å². The van der Waals surface area contributed by atoms with Crippen LogP contribution in [-0.2, 0) is 11.3 Å². The molecule has 0 saturated heterocycles. The number of methoxy groups -OCH3 is 1. The molecule has 0 fully saturated rings. The highest BCUT2D eigenvalue weighted by Gasteiger charge is 2.07. The fraction of sp³-hybridized carbons (Fsp3) is 0.188. The molecule has 2 aromatic carbocycles. The normalized spacial score (nSPS) is 10.1. The van der Waals surface area contributed by atoms with E-state index < -0.39 is 0 Å². The first-order valence-corrected chi connectivity index (χ1v) is 6.31. The van der Waals surface area contributed by atoms with Crippen LogP contribution in [-0.4, -0.2) is 18.2 Å². The summed E-state index contributed by atoms with van der Waals surface area (Å²) in [5.41, 5.74) is 3.43. The number of aromatic hydroxyl groups is 1. The Morgan fingerprint density at radius 1 is 1.25 bits per heavy atom. The molecule has 2 aromatic rings. The van der Waals surface area contributed by atoms with Crippen LogP contribution in [0.1, 0.15) is 21.5 Å². The number of hydrogen-bond donors (Lipinski definition) is 2. The van der Waals surface area contributed by atoms with E-state index in [1.165, 1.54) is 7.11 Å². The van der Waals surface area contributed by atoms with Crippen LogP contribution in [0.25, 0.3) is 0 Å². The van der Waals surface area contributed by atoms with Gasteiger partial charge in [0.05, 0.1) is 12.7 Å². The highest BCUT2D eigenvalue weighted by atomic mass is 16.5. The molecular formula is C16H17NO3. The number of nitrogens with one attached hydrogen (secondary N) is 1. The van der Waals surface area contributed by atoms with Gasteiger partial charge in [-0.25, -0.2) is 4.79 Å². The van der Waals surface area contributed by atoms with Crippen LogP contribution < -0.4 is 5.32 Å². The van der Waals surface area contributed by atoms with Crippen molar-refractivity contribution in [1.29, 1.82) is 0 Å². The molecule has 104 valence electrons. The Bertz CT molecular complexity index is 623. The molecule has 0 aliphatic heterocycles. The third kappa shape index (κ3) is 3.29. The van der Waals surface area contributed by atoms with Crippen molar-refractivity contribution in [3.8, 4) is 5.75 Å². The molecule has 0 amide bonds. The first kappa shape index (κ1) is 13.9. The number of anilines is 1. The van der Waals surface area contributed by atoms with E-state index in [1.54, 1.807) is 30.3 Å². The maximum atomic E-state index is 11.4. The lowest BCUT2D eigenvalue weighted by Gasteiger charge is -2.11. The quantitative estimate of drug-likeness (QED) is 0.839. The second kappa shape index (κ2) is 6.10. The minimum absolute atomic E-state index is 0.252. The van der Waals surface area contributed by atoms with Crippen LogP contribution in [0.5, 0.6) is 5.75 Å². The zero-order valence-corrected chi connectivity index (χ0v) is 11.5. The molecule has 2 rings (SSSR count). The smallest absolute Gasteiger partial charge is 0.337 e. The Labute approximate surface area is 118 Å². The Morgan fingerprint density at radius 3 is 2.70 bits per heavy atom. The predicted molar refractivity (Wildman–Crippen MR) is 78.0 cm³/mol. The molecule has 4 nitrogen and oxygen atoms in total. The molecular weight excluding hydrogens is 254 g/mol. The van der Waals surface area contributed by atoms with Crippen molar-refractivity contribution in [2.24, 2.45) is 0 Å². The fourth-order valence-corrected chi connectivity index (χ4v) is 1.97. The second-order valence-corrected chi connectivity index (χ2v) is 4.54. The Balaban J connectivity index is 2.08. The van der Waals surface area contributed by atoms with Gasteiger partial charge in [0.25, 0.3) is 0 Å². The van der Waals surface area contributed by atoms with Gasteiger partial charge in [-0.2, -0.15) is 0 Å². The summed E-state index contributed by atoms with van der Waals surface area (Å²) in [7, 11) is 1.37. The molecule has 2 N–H and O–H groups in total. The lowest BCUT2D eigenvalue weighted by Crippen LogP contribution is -2.04. The molecule has 0 heterocycles. The molecule has 0 radical (unpaired) electrons. The van der Waals surface area contributed by atoms with Crippen LogP contribution in [0.2, 0.25) is 0 Å². The lowest BCUT2D eigenvalue weighted by atomic mass is 10.1. The highest BCUT2D eigenvalue weighted by Crippen LogP contribution is 2.19. The number of phenols is 1. The maximum absolute atomic E-state index is 11.4. The number of carbonyl (C=O) groups is 1. The van der Waals surface area contributed by atoms with Crippen molar-refractivity contribution in [1.82, 2.24) is 0 Å². The second-order valence-electron chi connectivity index (χ2n) is 4.54. The monoisotopic (exact) mass is 271 g/mol. The number of esters is 1. The van der Waals surface area contributed by atoms with Crippen LogP contribution in [0.15, 0.2) is 42.5 Å². The Morgan fingerprint density at radius 2 is 2.05 bits per heavy atom. The molecule has 20 heavy (non-hydrogen) atoms. The number of rotatable bonds is 4. The van der Waals surface area contributed by atoms with Gasteiger partial charge in [-0.1, -0.05) is 12.1 Å². The molecule has 0 bridgehead atoms. The first-order chi connectivity index (χ1) is 9.60. The van der Waals surface area contributed by atoms with Gasteiger partial charge in [0.2, 0.25) is 0 Å². The third-order valence-corrected chi connectivity index (χ3v) is 3.04. The molecule has 0 saturated carbocycles. The molecule has 0 aliphatic rings. The summed E-state index contributed by atoms with van der Waals surface area (Å²) in [5.74, 6) is -0.0882. The largest absolute Gasteiger partial charge is 0.508 e. The summed E-state index contributed by atoms with van der Waals surface area (Å²) < 4.78 is 4.69. The van der Waals surface area contributed by atoms with Gasteiger partial charge < -0.3 is 15.2 Å². The van der Waals surface area contributed by atoms with Crippen molar-refractivity contribution in [3.63, 3.8) is 0 Å². The number of ether oxygens (including phenoxy) is 1. The summed E-state index contributed by atoms with van der Waals surface area (Å²) in [6.07, 6.45) is 0. The summed E-state index contributed by atoms with van der Waals surface area (Å²) in [6.45, 7) is 2.53. The summed E-state index contributed by atoms with van der Waals surface area (Å²) in [4.78, 5) is 11.4. The molecule has 0 atom stereocenters. The zero-order chi connectivity index (χ0) is 14.5. The van der Waals surface area contributed by atoms with E-state index in [1.807, 2.05) is 19.1 Å². The topological polar surface area (TPSA) is 58.6 Å². The van der Waals surface area contributed by atoms with Gasteiger partial charge in [0, 0.05) is 12.2 Å². The first-order valence-electron chi connectivity index (χ1n) is 6.31. The van der Waals surface area contributed by atoms with E-state index in [0.717, 1.165) is 16.8 Å². The van der Waals surface area contributed by atoms with Gasteiger partial charge in [0.1, 0.15) is 5.75 Å². The summed E-state index contributed by atoms with van der Waals surface area (Å²) in [6, 6.07) is 12.5. The van der Waals surface area contributed by atoms with Crippen LogP contribution in [0.4, 0.5) is 5.69 Å². The van der Waals surface area contributed by atoms with Gasteiger partial charge in [-0.15, -0.1) is 0 Å². The third-order valence-electron chi connectivity index (χ3n) is 3.04. The van der Waals surface area contributed by atoms with Gasteiger partial charge in [0.15, 0.2) is 0 Å². The van der Waals surface area contributed by atoms with E-state index in [-0.39, 0.29) is 11.7 Å². The van der Waals surface area contributed by atoms with Crippen molar-refractivity contribution in [3.05, 3.63) is 59.2 Å². The lowest BCUT2D eigenvalue weighted by molar-refractivity contribution is 0.0600. The van der Waals surface area contributed by atoms with E-state index in [0.29, 0.717) is 12.1 Å². The number of hydrogen-bond acceptors (Lipinski definition) is 4. The molecule has 0 aliphatic carbocycles. The Kier molecular flexibility index (Phi) is 4.25. The summed E-state index contributed by atoms with van der Waals surface area (Å²) >= 11 is 0. The van der Waals surface area contributed by atoms with E-state index in [9.17, 15) is 9.90 Å². The van der Waals surface area contributed by atoms with E-state index in [2.05, 4.69) is 10.1 Å². The summed E-state index contributed by atoms with van der Waals surface area (Å²) in [5, 5.41) is 12.7. The van der Waals surface area contributed by atoms with Crippen LogP contribution >= 0.6 is 0 Å². The van der Waals surface area contributed by atoms with Crippen LogP contribution in [0, 0.1) is 6.92 Å². The van der Waals surface area contributed by atoms with Crippen LogP contribution in [0.3, 0.4) is 0 Å². The molecule has 0 aromatic heterocycles. The van der Waals surface area contributed by atoms with E-state index in [4.69, 9.17) is 0 Å². The zero-order valence-electron chi connectivity index (χ0n) is 11.5. The number of aryl methyl sites for hydroxylation is 1. The molecule has 0 unspecified atom stereocenters. The minimum atomic E-state index is -0.340. The number of carbonyl (C=O) groups excluding carboxylic acids is 1. The maximum Gasteiger partial charge on any atom is 0.337 e. The SMILES string of the molecule is COC(=O)c1ccc(NCc2cccc(O)c2)c(C)c1. The average molecular weight is 271 g/mol. The van der Waals surface area contributed by atoms with E-state index >= 15 is 0 Å². The Hall–Kier alpha value is -2.49. The minimum Gasteiger partial charge on any atom is -0.508 e. The highest BCUT2D eigenvalue weighted by molar-refractivity contribution is 5.90. The standard InChI is InChI=1S/C16H17NO3/c1-11-8-13(16(19)20-2)6-7-15(11)17-10-12-4-3-5-14(18)9-12/h3-9,17-18H,10H2,1-2H3. The van der Waals surface area contributed by atoms with Crippen molar-refractivity contribution >= 4 is 11.7 Å². The van der Waals surface area contributed by atoms with Gasteiger partial charge >= 0.3 is 5.97 Å². The number of phenolic OH excluding ortho intramolecular Hbond substituents is 1. The van der Waals surface area contributed by atoms with Crippen molar-refractivity contribution < 1.29 is 14.6 Å². The van der Waals surface area contributed by atoms with Gasteiger partial charge in [-0.05, 0) is 48.4 Å². The molecule has 4 heteroatoms. The predicted octanol–water partition coefficient (Wildman–Crippen LogP) is 3.10. The fourth-order valence-electron chi connectivity index (χ4n) is 1.97.